The molecule has 0 saturated heterocycles. The van der Waals surface area contributed by atoms with Crippen LogP contribution in [0.2, 0.25) is 0 Å². The summed E-state index contributed by atoms with van der Waals surface area (Å²) in [6.45, 7) is 7.86. The van der Waals surface area contributed by atoms with Crippen molar-refractivity contribution in [3.63, 3.8) is 0 Å². The number of nitrogens with zero attached hydrogens (tertiary/aromatic N) is 3. The quantitative estimate of drug-likeness (QED) is 0.317. The fourth-order valence-corrected chi connectivity index (χ4v) is 2.60. The van der Waals surface area contributed by atoms with Gasteiger partial charge in [0.1, 0.15) is 5.75 Å². The molecular weight excluding hydrogens is 352 g/mol. The first kappa shape index (κ1) is 25.9. The van der Waals surface area contributed by atoms with E-state index in [0.29, 0.717) is 5.56 Å². The van der Waals surface area contributed by atoms with Gasteiger partial charge in [-0.1, -0.05) is 26.7 Å². The minimum Gasteiger partial charge on any atom is -0.497 e. The van der Waals surface area contributed by atoms with Crippen molar-refractivity contribution < 1.29 is 9.53 Å². The summed E-state index contributed by atoms with van der Waals surface area (Å²) in [5.74, 6) is 0.740. The smallest absolute Gasteiger partial charge is 0.251 e. The maximum Gasteiger partial charge on any atom is 0.251 e. The number of likely N-dealkylation sites (N-methyl/N-ethyl adjacent to an activating group) is 2. The Morgan fingerprint density at radius 2 is 1.68 bits per heavy atom. The van der Waals surface area contributed by atoms with Gasteiger partial charge < -0.3 is 19.9 Å². The highest BCUT2D eigenvalue weighted by Gasteiger charge is 2.04. The summed E-state index contributed by atoms with van der Waals surface area (Å²) in [5, 5.41) is 2.97. The molecular formula is C22H40N4O2. The number of methoxy groups -OCH3 is 1. The predicted molar refractivity (Wildman–Crippen MR) is 120 cm³/mol. The van der Waals surface area contributed by atoms with Gasteiger partial charge >= 0.3 is 0 Å². The Labute approximate surface area is 172 Å². The molecule has 1 rings (SSSR count). The Balaban J connectivity index is 0.00000352. The first-order chi connectivity index (χ1) is 13.6. The number of ether oxygens (including phenoxy) is 1. The van der Waals surface area contributed by atoms with E-state index in [-0.39, 0.29) is 5.91 Å². The third kappa shape index (κ3) is 12.3. The molecule has 160 valence electrons. The number of benzene rings is 1. The summed E-state index contributed by atoms with van der Waals surface area (Å²) in [7, 11) is 7.61. The predicted octanol–water partition coefficient (Wildman–Crippen LogP) is 3.53. The van der Waals surface area contributed by atoms with Crippen LogP contribution in [0, 0.1) is 0 Å². The van der Waals surface area contributed by atoms with E-state index in [2.05, 4.69) is 27.2 Å². The molecule has 6 nitrogen and oxygen atoms in total. The summed E-state index contributed by atoms with van der Waals surface area (Å²) in [6.07, 6.45) is 6.39. The Hall–Kier alpha value is -2.08. The molecule has 0 bridgehead atoms. The lowest BCUT2D eigenvalue weighted by molar-refractivity contribution is 0.0953. The molecule has 0 saturated carbocycles. The zero-order valence-corrected chi connectivity index (χ0v) is 18.7. The molecule has 1 aromatic carbocycles. The molecule has 1 aromatic rings. The molecule has 0 atom stereocenters. The normalized spacial score (nSPS) is 10.5. The summed E-state index contributed by atoms with van der Waals surface area (Å²) in [5.41, 5.74) is 0.672. The summed E-state index contributed by atoms with van der Waals surface area (Å²) < 4.78 is 5.10. The van der Waals surface area contributed by atoms with E-state index in [1.54, 1.807) is 38.4 Å². The van der Waals surface area contributed by atoms with Gasteiger partial charge in [0.25, 0.3) is 5.91 Å². The van der Waals surface area contributed by atoms with Gasteiger partial charge in [0.2, 0.25) is 0 Å². The molecule has 28 heavy (non-hydrogen) atoms. The maximum absolute atomic E-state index is 12.0. The number of aliphatic imine (C=N–C) groups is 1. The first-order valence-corrected chi connectivity index (χ1v) is 10.3. The molecule has 1 N–H and O–H groups in total. The van der Waals surface area contributed by atoms with Crippen molar-refractivity contribution in [3.8, 4) is 5.75 Å². The van der Waals surface area contributed by atoms with Gasteiger partial charge in [-0.3, -0.25) is 9.79 Å². The zero-order chi connectivity index (χ0) is 21.2. The second-order valence-corrected chi connectivity index (χ2v) is 6.56. The van der Waals surface area contributed by atoms with Crippen LogP contribution >= 0.6 is 0 Å². The Morgan fingerprint density at radius 1 is 1.04 bits per heavy atom. The Morgan fingerprint density at radius 3 is 2.29 bits per heavy atom. The minimum absolute atomic E-state index is 0.0212. The van der Waals surface area contributed by atoms with Crippen LogP contribution < -0.4 is 10.1 Å². The van der Waals surface area contributed by atoms with Gasteiger partial charge in [0.05, 0.1) is 13.4 Å². The molecule has 0 spiro atoms. The van der Waals surface area contributed by atoms with Crippen LogP contribution in [0.4, 0.5) is 0 Å². The molecule has 0 heterocycles. The number of rotatable bonds is 13. The standard InChI is InChI=1S/C20H34N4O2.C2H6/c1-21-17-24(3)16-15-23(2)14-8-6-5-7-13-22-20(25)18-9-11-19(26-4)12-10-18;1-2/h9-12,17H,5-8,13-16H2,1-4H3,(H,22,25);1-2H3. The molecule has 0 radical (unpaired) electrons. The average molecular weight is 393 g/mol. The SMILES string of the molecule is CC.CN=CN(C)CCN(C)CCCCCCNC(=O)c1ccc(OC)cc1. The van der Waals surface area contributed by atoms with E-state index in [0.717, 1.165) is 44.8 Å². The van der Waals surface area contributed by atoms with Crippen LogP contribution in [0.5, 0.6) is 5.75 Å². The summed E-state index contributed by atoms with van der Waals surface area (Å²) >= 11 is 0. The highest BCUT2D eigenvalue weighted by molar-refractivity contribution is 5.94. The monoisotopic (exact) mass is 392 g/mol. The van der Waals surface area contributed by atoms with Crippen molar-refractivity contribution in [3.05, 3.63) is 29.8 Å². The van der Waals surface area contributed by atoms with Crippen molar-refractivity contribution >= 4 is 12.2 Å². The van der Waals surface area contributed by atoms with Crippen LogP contribution in [0.3, 0.4) is 0 Å². The number of hydrogen-bond donors (Lipinski definition) is 1. The van der Waals surface area contributed by atoms with Crippen LogP contribution in [-0.4, -0.2) is 76.5 Å². The highest BCUT2D eigenvalue weighted by atomic mass is 16.5. The number of hydrogen-bond acceptors (Lipinski definition) is 4. The third-order valence-electron chi connectivity index (χ3n) is 4.25. The first-order valence-electron chi connectivity index (χ1n) is 10.3. The molecule has 0 fully saturated rings. The topological polar surface area (TPSA) is 57.2 Å². The second kappa shape index (κ2) is 17.0. The van der Waals surface area contributed by atoms with Crippen LogP contribution in [0.15, 0.2) is 29.3 Å². The lowest BCUT2D eigenvalue weighted by atomic mass is 10.1. The average Bonchev–Trinajstić information content (AvgIpc) is 2.73. The van der Waals surface area contributed by atoms with Crippen molar-refractivity contribution in [1.29, 1.82) is 0 Å². The van der Waals surface area contributed by atoms with Crippen molar-refractivity contribution in [2.75, 3.05) is 54.4 Å². The van der Waals surface area contributed by atoms with E-state index in [4.69, 9.17) is 4.74 Å². The number of nitrogens with one attached hydrogen (secondary N) is 1. The van der Waals surface area contributed by atoms with Crippen LogP contribution in [0.1, 0.15) is 49.9 Å². The van der Waals surface area contributed by atoms with Gasteiger partial charge in [0.15, 0.2) is 0 Å². The molecule has 6 heteroatoms. The lowest BCUT2D eigenvalue weighted by Crippen LogP contribution is -2.30. The van der Waals surface area contributed by atoms with E-state index in [1.807, 2.05) is 27.2 Å². The van der Waals surface area contributed by atoms with Gasteiger partial charge in [-0.05, 0) is 50.7 Å². The van der Waals surface area contributed by atoms with Crippen LogP contribution in [0.25, 0.3) is 0 Å². The third-order valence-corrected chi connectivity index (χ3v) is 4.25. The number of carbonyl (C=O) groups is 1. The van der Waals surface area contributed by atoms with E-state index >= 15 is 0 Å². The van der Waals surface area contributed by atoms with E-state index < -0.39 is 0 Å². The number of unbranched alkanes of at least 4 members (excludes halogenated alkanes) is 3. The lowest BCUT2D eigenvalue weighted by Gasteiger charge is -2.20. The van der Waals surface area contributed by atoms with E-state index in [9.17, 15) is 4.79 Å². The molecule has 0 aliphatic rings. The minimum atomic E-state index is -0.0212. The van der Waals surface area contributed by atoms with Gasteiger partial charge in [0, 0.05) is 39.3 Å². The maximum atomic E-state index is 12.0. The number of amides is 1. The van der Waals surface area contributed by atoms with Crippen molar-refractivity contribution in [2.24, 2.45) is 4.99 Å². The Kier molecular flexibility index (Phi) is 15.8. The van der Waals surface area contributed by atoms with Crippen LogP contribution in [-0.2, 0) is 0 Å². The fraction of sp³-hybridized carbons (Fsp3) is 0.636. The van der Waals surface area contributed by atoms with E-state index in [1.165, 1.54) is 12.8 Å². The van der Waals surface area contributed by atoms with Gasteiger partial charge in [-0.15, -0.1) is 0 Å². The van der Waals surface area contributed by atoms with Gasteiger partial charge in [-0.25, -0.2) is 0 Å². The fourth-order valence-electron chi connectivity index (χ4n) is 2.60. The van der Waals surface area contributed by atoms with Gasteiger partial charge in [-0.2, -0.15) is 0 Å². The summed E-state index contributed by atoms with van der Waals surface area (Å²) in [6, 6.07) is 7.18. The molecule has 0 unspecified atom stereocenters. The molecule has 0 aliphatic carbocycles. The highest BCUT2D eigenvalue weighted by Crippen LogP contribution is 2.11. The molecule has 1 amide bonds. The molecule has 0 aliphatic heterocycles. The Bertz CT molecular complexity index is 532. The number of carbonyl (C=O) groups excluding carboxylic acids is 1. The largest absolute Gasteiger partial charge is 0.497 e. The zero-order valence-electron chi connectivity index (χ0n) is 18.7. The second-order valence-electron chi connectivity index (χ2n) is 6.56. The summed E-state index contributed by atoms with van der Waals surface area (Å²) in [4.78, 5) is 20.5. The van der Waals surface area contributed by atoms with Crippen molar-refractivity contribution in [1.82, 2.24) is 15.1 Å². The molecule has 0 aromatic heterocycles. The van der Waals surface area contributed by atoms with Crippen molar-refractivity contribution in [2.45, 2.75) is 39.5 Å².